The van der Waals surface area contributed by atoms with Crippen LogP contribution in [0.15, 0.2) is 71.8 Å². The fourth-order valence-electron chi connectivity index (χ4n) is 3.69. The van der Waals surface area contributed by atoms with E-state index in [0.29, 0.717) is 16.1 Å². The third-order valence-electron chi connectivity index (χ3n) is 5.52. The van der Waals surface area contributed by atoms with E-state index in [4.69, 9.17) is 34.7 Å². The molecule has 0 aliphatic heterocycles. The highest BCUT2D eigenvalue weighted by atomic mass is 35.5. The third kappa shape index (κ3) is 5.75. The van der Waals surface area contributed by atoms with Crippen LogP contribution in [0.5, 0.6) is 0 Å². The van der Waals surface area contributed by atoms with Crippen molar-refractivity contribution in [1.29, 1.82) is 0 Å². The molecule has 1 aliphatic rings. The number of halogens is 7. The Labute approximate surface area is 216 Å². The Morgan fingerprint density at radius 1 is 1.03 bits per heavy atom. The highest BCUT2D eigenvalue weighted by molar-refractivity contribution is 6.31. The quantitative estimate of drug-likeness (QED) is 0.428. The molecular weight excluding hydrogens is 544 g/mol. The minimum Gasteiger partial charge on any atom is -0.367 e. The first-order valence-electron chi connectivity index (χ1n) is 10.4. The molecule has 4 rings (SSSR count). The normalized spacial score (nSPS) is 19.6. The molecule has 37 heavy (non-hydrogen) atoms. The highest BCUT2D eigenvalue weighted by Gasteiger charge is 2.61. The number of hydrogen-bond acceptors (Lipinski definition) is 4. The number of benzene rings is 2. The van der Waals surface area contributed by atoms with E-state index in [9.17, 15) is 31.5 Å². The lowest BCUT2D eigenvalue weighted by molar-refractivity contribution is -0.288. The van der Waals surface area contributed by atoms with Gasteiger partial charge in [-0.25, -0.2) is 4.68 Å². The first-order chi connectivity index (χ1) is 17.2. The zero-order valence-corrected chi connectivity index (χ0v) is 20.1. The van der Waals surface area contributed by atoms with Gasteiger partial charge in [0.15, 0.2) is 5.54 Å². The van der Waals surface area contributed by atoms with Crippen LogP contribution in [-0.4, -0.2) is 38.9 Å². The van der Waals surface area contributed by atoms with Crippen molar-refractivity contribution in [3.05, 3.63) is 82.4 Å². The molecule has 4 N–H and O–H groups in total. The van der Waals surface area contributed by atoms with Crippen molar-refractivity contribution in [2.24, 2.45) is 17.4 Å². The Balaban J connectivity index is 0.000000319. The molecule has 2 aromatic carbocycles. The summed E-state index contributed by atoms with van der Waals surface area (Å²) in [6.07, 6.45) is -4.32. The maximum Gasteiger partial charge on any atom is 0.453 e. The summed E-state index contributed by atoms with van der Waals surface area (Å²) in [4.78, 5) is 22.9. The van der Waals surface area contributed by atoms with Crippen LogP contribution < -0.4 is 11.5 Å². The first-order valence-corrected chi connectivity index (χ1v) is 11.1. The summed E-state index contributed by atoms with van der Waals surface area (Å²) in [6, 6.07) is 12.8. The summed E-state index contributed by atoms with van der Waals surface area (Å²) < 4.78 is 66.8. The summed E-state index contributed by atoms with van der Waals surface area (Å²) in [5.41, 5.74) is 9.31. The van der Waals surface area contributed by atoms with Crippen LogP contribution in [0, 0.1) is 5.92 Å². The van der Waals surface area contributed by atoms with Gasteiger partial charge in [-0.1, -0.05) is 52.7 Å². The van der Waals surface area contributed by atoms with Gasteiger partial charge in [0.25, 0.3) is 0 Å². The molecule has 14 heteroatoms. The highest BCUT2D eigenvalue weighted by Crippen LogP contribution is 2.47. The minimum absolute atomic E-state index is 0.0979. The topological polar surface area (TPSA) is 117 Å². The first kappa shape index (κ1) is 28.1. The van der Waals surface area contributed by atoms with E-state index in [1.165, 1.54) is 18.2 Å². The summed E-state index contributed by atoms with van der Waals surface area (Å²) in [5, 5.41) is 8.05. The van der Waals surface area contributed by atoms with Gasteiger partial charge in [-0.05, 0) is 42.5 Å². The second kappa shape index (κ2) is 10.5. The van der Waals surface area contributed by atoms with Crippen LogP contribution in [0.4, 0.5) is 22.0 Å². The molecular formula is C23H18Cl2F5N5O2. The molecule has 1 aromatic heterocycles. The van der Waals surface area contributed by atoms with Crippen LogP contribution >= 0.6 is 23.2 Å². The minimum atomic E-state index is -5.80. The second-order valence-corrected chi connectivity index (χ2v) is 8.82. The zero-order valence-electron chi connectivity index (χ0n) is 18.6. The number of nitrogens with zero attached hydrogens (tertiary/aromatic N) is 3. The standard InChI is InChI=1S/C16H12ClF5N4O.C7H6ClNO/c17-10-5-6-14(13(23)27,9(7-10)8-15(18,19)16(20,21)22)26-12-4-2-1-3-11(12)24-25-26;8-6-3-1-2-5(4-6)7(9)10/h1-7,9H,8H2,(H2,23,27);1-4H,(H2,9,10). The molecule has 1 heterocycles. The number of rotatable bonds is 5. The van der Waals surface area contributed by atoms with Crippen molar-refractivity contribution in [2.75, 3.05) is 0 Å². The van der Waals surface area contributed by atoms with Gasteiger partial charge in [0.1, 0.15) is 5.52 Å². The SMILES string of the molecule is NC(=O)C1(n2nnc3ccccc32)C=CC(Cl)=CC1CC(F)(F)C(F)(F)F.NC(=O)c1cccc(Cl)c1. The number of nitrogens with two attached hydrogens (primary N) is 2. The number of hydrogen-bond donors (Lipinski definition) is 2. The molecule has 7 nitrogen and oxygen atoms in total. The molecule has 196 valence electrons. The fraction of sp³-hybridized carbons (Fsp3) is 0.217. The molecule has 2 amide bonds. The molecule has 0 saturated heterocycles. The largest absolute Gasteiger partial charge is 0.453 e. The Morgan fingerprint density at radius 2 is 1.70 bits per heavy atom. The maximum atomic E-state index is 13.8. The van der Waals surface area contributed by atoms with E-state index in [2.05, 4.69) is 10.3 Å². The van der Waals surface area contributed by atoms with Crippen LogP contribution in [-0.2, 0) is 10.3 Å². The lowest BCUT2D eigenvalue weighted by Gasteiger charge is -2.38. The van der Waals surface area contributed by atoms with Crippen molar-refractivity contribution < 1.29 is 31.5 Å². The lowest BCUT2D eigenvalue weighted by atomic mass is 9.76. The predicted octanol–water partition coefficient (Wildman–Crippen LogP) is 4.95. The van der Waals surface area contributed by atoms with Crippen LogP contribution in [0.1, 0.15) is 16.8 Å². The van der Waals surface area contributed by atoms with Gasteiger partial charge in [0, 0.05) is 28.0 Å². The monoisotopic (exact) mass is 561 g/mol. The lowest BCUT2D eigenvalue weighted by Crippen LogP contribution is -2.54. The van der Waals surface area contributed by atoms with E-state index in [1.807, 2.05) is 0 Å². The second-order valence-electron chi connectivity index (χ2n) is 7.95. The van der Waals surface area contributed by atoms with Crippen molar-refractivity contribution in [3.8, 4) is 0 Å². The molecule has 0 fully saturated rings. The van der Waals surface area contributed by atoms with E-state index in [-0.39, 0.29) is 10.5 Å². The van der Waals surface area contributed by atoms with E-state index in [0.717, 1.165) is 16.8 Å². The fourth-order valence-corrected chi connectivity index (χ4v) is 4.10. The average Bonchev–Trinajstić information content (AvgIpc) is 3.23. The maximum absolute atomic E-state index is 13.8. The Morgan fingerprint density at radius 3 is 2.27 bits per heavy atom. The van der Waals surface area contributed by atoms with Gasteiger partial charge < -0.3 is 11.5 Å². The van der Waals surface area contributed by atoms with Crippen molar-refractivity contribution in [2.45, 2.75) is 24.1 Å². The van der Waals surface area contributed by atoms with Crippen molar-refractivity contribution >= 4 is 46.0 Å². The van der Waals surface area contributed by atoms with Gasteiger partial charge >= 0.3 is 12.1 Å². The van der Waals surface area contributed by atoms with E-state index in [1.54, 1.807) is 36.4 Å². The van der Waals surface area contributed by atoms with Gasteiger partial charge in [-0.3, -0.25) is 9.59 Å². The summed E-state index contributed by atoms with van der Waals surface area (Å²) >= 11 is 11.4. The summed E-state index contributed by atoms with van der Waals surface area (Å²) in [6.45, 7) is 0. The molecule has 0 spiro atoms. The molecule has 1 aliphatic carbocycles. The number of primary amides is 2. The van der Waals surface area contributed by atoms with E-state index >= 15 is 0 Å². The number of fused-ring (bicyclic) bond motifs is 1. The molecule has 3 aromatic rings. The zero-order chi connectivity index (χ0) is 27.6. The number of alkyl halides is 5. The van der Waals surface area contributed by atoms with Crippen LogP contribution in [0.2, 0.25) is 5.02 Å². The molecule has 2 atom stereocenters. The smallest absolute Gasteiger partial charge is 0.367 e. The number of para-hydroxylation sites is 1. The van der Waals surface area contributed by atoms with Gasteiger partial charge in [-0.2, -0.15) is 22.0 Å². The molecule has 2 unspecified atom stereocenters. The molecule has 0 radical (unpaired) electrons. The van der Waals surface area contributed by atoms with Crippen molar-refractivity contribution in [3.63, 3.8) is 0 Å². The van der Waals surface area contributed by atoms with Crippen LogP contribution in [0.3, 0.4) is 0 Å². The molecule has 0 bridgehead atoms. The number of carbonyl (C=O) groups excluding carboxylic acids is 2. The van der Waals surface area contributed by atoms with Gasteiger partial charge in [-0.15, -0.1) is 5.10 Å². The number of aromatic nitrogens is 3. The van der Waals surface area contributed by atoms with E-state index < -0.39 is 41.8 Å². The summed E-state index contributed by atoms with van der Waals surface area (Å²) in [5.74, 6) is -8.41. The number of carbonyl (C=O) groups is 2. The van der Waals surface area contributed by atoms with Gasteiger partial charge in [0.05, 0.1) is 5.52 Å². The van der Waals surface area contributed by atoms with Gasteiger partial charge in [0.2, 0.25) is 11.8 Å². The Hall–Kier alpha value is -3.51. The Bertz CT molecular complexity index is 1390. The summed E-state index contributed by atoms with van der Waals surface area (Å²) in [7, 11) is 0. The average molecular weight is 562 g/mol. The molecule has 0 saturated carbocycles. The predicted molar refractivity (Wildman–Crippen MR) is 127 cm³/mol. The Kier molecular flexibility index (Phi) is 7.94. The van der Waals surface area contributed by atoms with Crippen molar-refractivity contribution in [1.82, 2.24) is 15.0 Å². The number of amides is 2. The number of allylic oxidation sites excluding steroid dienone is 3. The van der Waals surface area contributed by atoms with Crippen LogP contribution in [0.25, 0.3) is 11.0 Å². The third-order valence-corrected chi connectivity index (χ3v) is 6.01.